The lowest BCUT2D eigenvalue weighted by molar-refractivity contribution is 0.356. The van der Waals surface area contributed by atoms with Gasteiger partial charge in [0.25, 0.3) is 0 Å². The number of hydrogen-bond acceptors (Lipinski definition) is 2. The molecule has 0 atom stereocenters. The highest BCUT2D eigenvalue weighted by Crippen LogP contribution is 2.25. The molecule has 1 heterocycles. The molecule has 0 saturated carbocycles. The first-order chi connectivity index (χ1) is 8.02. The smallest absolute Gasteiger partial charge is 0.0963 e. The highest BCUT2D eigenvalue weighted by molar-refractivity contribution is 7.79. The zero-order valence-electron chi connectivity index (χ0n) is 10.5. The summed E-state index contributed by atoms with van der Waals surface area (Å²) in [5.74, 6) is 0.709. The van der Waals surface area contributed by atoms with Gasteiger partial charge in [-0.2, -0.15) is 17.7 Å². The van der Waals surface area contributed by atoms with E-state index in [2.05, 4.69) is 51.7 Å². The van der Waals surface area contributed by atoms with Gasteiger partial charge in [0.1, 0.15) is 0 Å². The van der Waals surface area contributed by atoms with Crippen LogP contribution < -0.4 is 0 Å². The monoisotopic (exact) mass is 246 g/mol. The zero-order chi connectivity index (χ0) is 12.5. The molecule has 0 amide bonds. The van der Waals surface area contributed by atoms with Crippen LogP contribution in [-0.4, -0.2) is 9.78 Å². The van der Waals surface area contributed by atoms with Crippen LogP contribution in [-0.2, 0) is 11.3 Å². The van der Waals surface area contributed by atoms with Crippen LogP contribution in [0, 0.1) is 0 Å². The minimum Gasteiger partial charge on any atom is -0.267 e. The molecule has 0 N–H and O–H groups in total. The summed E-state index contributed by atoms with van der Waals surface area (Å²) in [5.41, 5.74) is 3.37. The van der Waals surface area contributed by atoms with Crippen molar-refractivity contribution in [2.24, 2.45) is 0 Å². The second-order valence-electron chi connectivity index (χ2n) is 5.14. The third kappa shape index (κ3) is 2.55. The van der Waals surface area contributed by atoms with Crippen LogP contribution in [0.4, 0.5) is 0 Å². The third-order valence-electron chi connectivity index (χ3n) is 2.69. The number of rotatable bonds is 2. The summed E-state index contributed by atoms with van der Waals surface area (Å²) < 4.78 is 2.01. The van der Waals surface area contributed by atoms with Crippen molar-refractivity contribution in [1.82, 2.24) is 9.78 Å². The molecule has 0 fully saturated rings. The second kappa shape index (κ2) is 4.57. The van der Waals surface area contributed by atoms with Gasteiger partial charge in [-0.15, -0.1) is 0 Å². The Labute approximate surface area is 108 Å². The minimum absolute atomic E-state index is 0.00469. The maximum absolute atomic E-state index is 4.69. The van der Waals surface area contributed by atoms with Crippen molar-refractivity contribution in [3.05, 3.63) is 42.1 Å². The Bertz CT molecular complexity index is 495. The lowest BCUT2D eigenvalue weighted by Gasteiger charge is -2.18. The van der Waals surface area contributed by atoms with Crippen LogP contribution in [0.1, 0.15) is 26.3 Å². The summed E-state index contributed by atoms with van der Waals surface area (Å²) in [4.78, 5) is 0. The van der Waals surface area contributed by atoms with E-state index >= 15 is 0 Å². The van der Waals surface area contributed by atoms with Crippen molar-refractivity contribution < 1.29 is 0 Å². The number of nitrogens with zero attached hydrogens (tertiary/aromatic N) is 2. The Kier molecular flexibility index (Phi) is 3.29. The largest absolute Gasteiger partial charge is 0.267 e. The number of hydrogen-bond donors (Lipinski definition) is 1. The standard InChI is InChI=1S/C14H18N2S/c1-14(2,3)16-9-12(10-17)13(15-16)11-7-5-4-6-8-11/h4-9,17H,10H2,1-3H3. The molecule has 90 valence electrons. The molecule has 1 aromatic heterocycles. The molecule has 3 heteroatoms. The van der Waals surface area contributed by atoms with E-state index < -0.39 is 0 Å². The molecule has 2 aromatic rings. The molecule has 0 saturated heterocycles. The summed E-state index contributed by atoms with van der Waals surface area (Å²) >= 11 is 4.39. The summed E-state index contributed by atoms with van der Waals surface area (Å²) in [7, 11) is 0. The molecular weight excluding hydrogens is 228 g/mol. The van der Waals surface area contributed by atoms with Crippen LogP contribution in [0.3, 0.4) is 0 Å². The van der Waals surface area contributed by atoms with Gasteiger partial charge in [0.2, 0.25) is 0 Å². The molecule has 0 spiro atoms. The van der Waals surface area contributed by atoms with Crippen molar-refractivity contribution in [2.75, 3.05) is 0 Å². The van der Waals surface area contributed by atoms with E-state index in [0.717, 1.165) is 11.3 Å². The van der Waals surface area contributed by atoms with E-state index in [4.69, 9.17) is 5.10 Å². The average Bonchev–Trinajstić information content (AvgIpc) is 2.73. The van der Waals surface area contributed by atoms with Crippen LogP contribution >= 0.6 is 12.6 Å². The molecule has 1 aromatic carbocycles. The lowest BCUT2D eigenvalue weighted by Crippen LogP contribution is -2.22. The topological polar surface area (TPSA) is 17.8 Å². The van der Waals surface area contributed by atoms with Gasteiger partial charge in [0.05, 0.1) is 11.2 Å². The van der Waals surface area contributed by atoms with E-state index in [0.29, 0.717) is 5.75 Å². The van der Waals surface area contributed by atoms with Gasteiger partial charge < -0.3 is 0 Å². The Morgan fingerprint density at radius 3 is 2.35 bits per heavy atom. The number of benzene rings is 1. The van der Waals surface area contributed by atoms with Gasteiger partial charge >= 0.3 is 0 Å². The van der Waals surface area contributed by atoms with Crippen molar-refractivity contribution >= 4 is 12.6 Å². The fourth-order valence-electron chi connectivity index (χ4n) is 1.71. The number of thiol groups is 1. The van der Waals surface area contributed by atoms with Gasteiger partial charge in [0.15, 0.2) is 0 Å². The van der Waals surface area contributed by atoms with E-state index in [1.54, 1.807) is 0 Å². The van der Waals surface area contributed by atoms with Gasteiger partial charge in [-0.1, -0.05) is 30.3 Å². The maximum Gasteiger partial charge on any atom is 0.0963 e. The first-order valence-electron chi connectivity index (χ1n) is 5.77. The lowest BCUT2D eigenvalue weighted by atomic mass is 10.1. The normalized spacial score (nSPS) is 11.8. The molecular formula is C14H18N2S. The van der Waals surface area contributed by atoms with Crippen LogP contribution in [0.15, 0.2) is 36.5 Å². The van der Waals surface area contributed by atoms with Crippen molar-refractivity contribution in [3.63, 3.8) is 0 Å². The summed E-state index contributed by atoms with van der Waals surface area (Å²) in [6.45, 7) is 6.45. The predicted molar refractivity (Wildman–Crippen MR) is 75.3 cm³/mol. The van der Waals surface area contributed by atoms with E-state index in [-0.39, 0.29) is 5.54 Å². The summed E-state index contributed by atoms with van der Waals surface area (Å²) in [6, 6.07) is 10.3. The Morgan fingerprint density at radius 1 is 1.18 bits per heavy atom. The molecule has 17 heavy (non-hydrogen) atoms. The summed E-state index contributed by atoms with van der Waals surface area (Å²) in [6.07, 6.45) is 2.09. The quantitative estimate of drug-likeness (QED) is 0.799. The predicted octanol–water partition coefficient (Wildman–Crippen LogP) is 3.73. The second-order valence-corrected chi connectivity index (χ2v) is 5.46. The fraction of sp³-hybridized carbons (Fsp3) is 0.357. The average molecular weight is 246 g/mol. The van der Waals surface area contributed by atoms with E-state index in [1.807, 2.05) is 22.9 Å². The molecule has 0 aliphatic carbocycles. The van der Waals surface area contributed by atoms with Crippen LogP contribution in [0.25, 0.3) is 11.3 Å². The Balaban J connectivity index is 2.51. The number of aromatic nitrogens is 2. The Hall–Kier alpha value is -1.22. The van der Waals surface area contributed by atoms with Crippen molar-refractivity contribution in [1.29, 1.82) is 0 Å². The maximum atomic E-state index is 4.69. The molecule has 2 nitrogen and oxygen atoms in total. The SMILES string of the molecule is CC(C)(C)n1cc(CS)c(-c2ccccc2)n1. The molecule has 0 aliphatic heterocycles. The van der Waals surface area contributed by atoms with Gasteiger partial charge in [-0.05, 0) is 20.8 Å². The molecule has 0 bridgehead atoms. The molecule has 0 radical (unpaired) electrons. The first-order valence-corrected chi connectivity index (χ1v) is 6.41. The molecule has 0 aliphatic rings. The highest BCUT2D eigenvalue weighted by Gasteiger charge is 2.17. The minimum atomic E-state index is 0.00469. The van der Waals surface area contributed by atoms with Crippen LogP contribution in [0.5, 0.6) is 0 Å². The third-order valence-corrected chi connectivity index (χ3v) is 3.04. The summed E-state index contributed by atoms with van der Waals surface area (Å²) in [5, 5.41) is 4.69. The van der Waals surface area contributed by atoms with Crippen molar-refractivity contribution in [3.8, 4) is 11.3 Å². The van der Waals surface area contributed by atoms with E-state index in [9.17, 15) is 0 Å². The fourth-order valence-corrected chi connectivity index (χ4v) is 1.94. The van der Waals surface area contributed by atoms with Crippen molar-refractivity contribution in [2.45, 2.75) is 32.1 Å². The van der Waals surface area contributed by atoms with Gasteiger partial charge in [0, 0.05) is 23.1 Å². The van der Waals surface area contributed by atoms with Gasteiger partial charge in [-0.3, -0.25) is 4.68 Å². The highest BCUT2D eigenvalue weighted by atomic mass is 32.1. The first kappa shape index (κ1) is 12.2. The van der Waals surface area contributed by atoms with Gasteiger partial charge in [-0.25, -0.2) is 0 Å². The molecule has 0 unspecified atom stereocenters. The van der Waals surface area contributed by atoms with E-state index in [1.165, 1.54) is 5.56 Å². The van der Waals surface area contributed by atoms with Crippen LogP contribution in [0.2, 0.25) is 0 Å². The Morgan fingerprint density at radius 2 is 1.82 bits per heavy atom. The molecule has 2 rings (SSSR count). The zero-order valence-corrected chi connectivity index (χ0v) is 11.4.